The van der Waals surface area contributed by atoms with Crippen LogP contribution in [0.1, 0.15) is 33.2 Å². The van der Waals surface area contributed by atoms with Gasteiger partial charge >= 0.3 is 5.97 Å². The lowest BCUT2D eigenvalue weighted by molar-refractivity contribution is -0.123. The SMILES string of the molecule is COc1ccc(C)cc1NC(=O)C(C)OC(=O)c1ccc(C(N)=O)cc1. The van der Waals surface area contributed by atoms with Crippen molar-refractivity contribution in [2.75, 3.05) is 12.4 Å². The maximum atomic E-state index is 12.3. The summed E-state index contributed by atoms with van der Waals surface area (Å²) < 4.78 is 10.4. The van der Waals surface area contributed by atoms with E-state index >= 15 is 0 Å². The summed E-state index contributed by atoms with van der Waals surface area (Å²) in [6.45, 7) is 3.35. The Labute approximate surface area is 151 Å². The number of hydrogen-bond donors (Lipinski definition) is 2. The lowest BCUT2D eigenvalue weighted by Crippen LogP contribution is -2.30. The molecule has 7 nitrogen and oxygen atoms in total. The number of carbonyl (C=O) groups is 3. The van der Waals surface area contributed by atoms with E-state index in [-0.39, 0.29) is 11.1 Å². The van der Waals surface area contributed by atoms with Crippen LogP contribution in [0.2, 0.25) is 0 Å². The molecule has 0 spiro atoms. The molecule has 7 heteroatoms. The van der Waals surface area contributed by atoms with Crippen LogP contribution in [0, 0.1) is 6.92 Å². The van der Waals surface area contributed by atoms with E-state index in [0.29, 0.717) is 11.4 Å². The van der Waals surface area contributed by atoms with Crippen LogP contribution in [0.25, 0.3) is 0 Å². The van der Waals surface area contributed by atoms with E-state index in [9.17, 15) is 14.4 Å². The minimum absolute atomic E-state index is 0.211. The number of ether oxygens (including phenoxy) is 2. The van der Waals surface area contributed by atoms with Crippen molar-refractivity contribution < 1.29 is 23.9 Å². The first kappa shape index (κ1) is 19.0. The van der Waals surface area contributed by atoms with Crippen LogP contribution >= 0.6 is 0 Å². The number of primary amides is 1. The Kier molecular flexibility index (Phi) is 5.95. The number of nitrogens with one attached hydrogen (secondary N) is 1. The van der Waals surface area contributed by atoms with E-state index in [2.05, 4.69) is 5.32 Å². The Morgan fingerprint density at radius 1 is 1.04 bits per heavy atom. The molecule has 2 amide bonds. The Bertz CT molecular complexity index is 830. The van der Waals surface area contributed by atoms with Gasteiger partial charge in [0.15, 0.2) is 6.10 Å². The maximum absolute atomic E-state index is 12.3. The number of benzene rings is 2. The molecular weight excluding hydrogens is 336 g/mol. The third kappa shape index (κ3) is 4.60. The van der Waals surface area contributed by atoms with Gasteiger partial charge in [0, 0.05) is 5.56 Å². The summed E-state index contributed by atoms with van der Waals surface area (Å²) in [5.74, 6) is -1.26. The highest BCUT2D eigenvalue weighted by Crippen LogP contribution is 2.25. The molecule has 1 unspecified atom stereocenters. The molecule has 2 rings (SSSR count). The molecule has 0 aliphatic heterocycles. The highest BCUT2D eigenvalue weighted by molar-refractivity contribution is 5.99. The first-order valence-corrected chi connectivity index (χ1v) is 7.88. The van der Waals surface area contributed by atoms with E-state index < -0.39 is 23.9 Å². The Hall–Kier alpha value is -3.35. The smallest absolute Gasteiger partial charge is 0.338 e. The molecular formula is C19H20N2O5. The van der Waals surface area contributed by atoms with Crippen LogP contribution in [0.3, 0.4) is 0 Å². The Morgan fingerprint density at radius 3 is 2.23 bits per heavy atom. The zero-order chi connectivity index (χ0) is 19.3. The van der Waals surface area contributed by atoms with Gasteiger partial charge in [-0.3, -0.25) is 9.59 Å². The summed E-state index contributed by atoms with van der Waals surface area (Å²) in [7, 11) is 1.50. The zero-order valence-corrected chi connectivity index (χ0v) is 14.7. The number of aryl methyl sites for hydroxylation is 1. The van der Waals surface area contributed by atoms with Crippen molar-refractivity contribution in [1.29, 1.82) is 0 Å². The first-order valence-electron chi connectivity index (χ1n) is 7.88. The second kappa shape index (κ2) is 8.15. The number of nitrogens with two attached hydrogens (primary N) is 1. The van der Waals surface area contributed by atoms with Crippen molar-refractivity contribution >= 4 is 23.5 Å². The van der Waals surface area contributed by atoms with Crippen LogP contribution in [0.15, 0.2) is 42.5 Å². The van der Waals surface area contributed by atoms with Crippen LogP contribution in [-0.2, 0) is 9.53 Å². The van der Waals surface area contributed by atoms with Crippen LogP contribution in [0.4, 0.5) is 5.69 Å². The van der Waals surface area contributed by atoms with E-state index in [1.165, 1.54) is 38.3 Å². The second-order valence-electron chi connectivity index (χ2n) is 5.68. The molecule has 0 aliphatic carbocycles. The third-order valence-corrected chi connectivity index (χ3v) is 3.67. The van der Waals surface area contributed by atoms with Crippen molar-refractivity contribution in [3.63, 3.8) is 0 Å². The maximum Gasteiger partial charge on any atom is 0.338 e. The number of amides is 2. The fourth-order valence-electron chi connectivity index (χ4n) is 2.21. The average Bonchev–Trinajstić information content (AvgIpc) is 2.61. The Balaban J connectivity index is 2.03. The van der Waals surface area contributed by atoms with Gasteiger partial charge < -0.3 is 20.5 Å². The largest absolute Gasteiger partial charge is 0.495 e. The third-order valence-electron chi connectivity index (χ3n) is 3.67. The minimum Gasteiger partial charge on any atom is -0.495 e. The summed E-state index contributed by atoms with van der Waals surface area (Å²) in [4.78, 5) is 35.5. The van der Waals surface area contributed by atoms with Gasteiger partial charge in [-0.1, -0.05) is 6.07 Å². The highest BCUT2D eigenvalue weighted by Gasteiger charge is 2.20. The summed E-state index contributed by atoms with van der Waals surface area (Å²) in [6, 6.07) is 11.0. The van der Waals surface area contributed by atoms with E-state index in [1.807, 2.05) is 13.0 Å². The number of esters is 1. The molecule has 2 aromatic rings. The van der Waals surface area contributed by atoms with Gasteiger partial charge in [-0.25, -0.2) is 4.79 Å². The molecule has 0 aromatic heterocycles. The van der Waals surface area contributed by atoms with E-state index in [4.69, 9.17) is 15.2 Å². The molecule has 1 atom stereocenters. The number of hydrogen-bond acceptors (Lipinski definition) is 5. The van der Waals surface area contributed by atoms with Crippen LogP contribution in [0.5, 0.6) is 5.75 Å². The van der Waals surface area contributed by atoms with E-state index in [0.717, 1.165) is 5.56 Å². The fraction of sp³-hybridized carbons (Fsp3) is 0.211. The topological polar surface area (TPSA) is 108 Å². The zero-order valence-electron chi connectivity index (χ0n) is 14.7. The second-order valence-corrected chi connectivity index (χ2v) is 5.68. The highest BCUT2D eigenvalue weighted by atomic mass is 16.5. The van der Waals surface area contributed by atoms with Gasteiger partial charge in [0.05, 0.1) is 18.4 Å². The lowest BCUT2D eigenvalue weighted by atomic mass is 10.1. The van der Waals surface area contributed by atoms with Crippen molar-refractivity contribution in [2.45, 2.75) is 20.0 Å². The summed E-state index contributed by atoms with van der Waals surface area (Å²) in [5, 5.41) is 2.68. The molecule has 0 bridgehead atoms. The number of anilines is 1. The number of rotatable bonds is 6. The molecule has 136 valence electrons. The normalized spacial score (nSPS) is 11.3. The molecule has 0 fully saturated rings. The Morgan fingerprint density at radius 2 is 1.65 bits per heavy atom. The van der Waals surface area contributed by atoms with E-state index in [1.54, 1.807) is 12.1 Å². The molecule has 2 aromatic carbocycles. The average molecular weight is 356 g/mol. The predicted octanol–water partition coefficient (Wildman–Crippen LogP) is 2.29. The monoisotopic (exact) mass is 356 g/mol. The summed E-state index contributed by atoms with van der Waals surface area (Å²) in [5.41, 5.74) is 7.07. The van der Waals surface area contributed by atoms with Crippen molar-refractivity contribution in [2.24, 2.45) is 5.73 Å². The molecule has 0 radical (unpaired) electrons. The van der Waals surface area contributed by atoms with Crippen molar-refractivity contribution in [1.82, 2.24) is 0 Å². The molecule has 26 heavy (non-hydrogen) atoms. The van der Waals surface area contributed by atoms with Crippen LogP contribution in [-0.4, -0.2) is 31.0 Å². The molecule has 0 aliphatic rings. The minimum atomic E-state index is -1.02. The number of methoxy groups -OCH3 is 1. The summed E-state index contributed by atoms with van der Waals surface area (Å²) in [6.07, 6.45) is -1.02. The van der Waals surface area contributed by atoms with Gasteiger partial charge in [0.1, 0.15) is 5.75 Å². The van der Waals surface area contributed by atoms with Crippen LogP contribution < -0.4 is 15.8 Å². The number of carbonyl (C=O) groups excluding carboxylic acids is 3. The molecule has 0 saturated heterocycles. The van der Waals surface area contributed by atoms with Crippen molar-refractivity contribution in [3.05, 3.63) is 59.2 Å². The quantitative estimate of drug-likeness (QED) is 0.772. The first-order chi connectivity index (χ1) is 12.3. The van der Waals surface area contributed by atoms with Gasteiger partial charge in [-0.05, 0) is 55.8 Å². The molecule has 3 N–H and O–H groups in total. The van der Waals surface area contributed by atoms with Gasteiger partial charge in [0.25, 0.3) is 5.91 Å². The van der Waals surface area contributed by atoms with Gasteiger partial charge in [-0.15, -0.1) is 0 Å². The standard InChI is InChI=1S/C19H20N2O5/c1-11-4-9-16(25-3)15(10-11)21-18(23)12(2)26-19(24)14-7-5-13(6-8-14)17(20)22/h4-10,12H,1-3H3,(H2,20,22)(H,21,23). The molecule has 0 heterocycles. The van der Waals surface area contributed by atoms with Crippen molar-refractivity contribution in [3.8, 4) is 5.75 Å². The molecule has 0 saturated carbocycles. The van der Waals surface area contributed by atoms with Gasteiger partial charge in [0.2, 0.25) is 5.91 Å². The predicted molar refractivity (Wildman–Crippen MR) is 96.2 cm³/mol. The van der Waals surface area contributed by atoms with Gasteiger partial charge in [-0.2, -0.15) is 0 Å². The summed E-state index contributed by atoms with van der Waals surface area (Å²) >= 11 is 0. The lowest BCUT2D eigenvalue weighted by Gasteiger charge is -2.15. The fourth-order valence-corrected chi connectivity index (χ4v) is 2.21.